The van der Waals surface area contributed by atoms with E-state index in [1.807, 2.05) is 20.8 Å². The van der Waals surface area contributed by atoms with E-state index in [4.69, 9.17) is 9.47 Å². The van der Waals surface area contributed by atoms with Crippen LogP contribution >= 0.6 is 0 Å². The summed E-state index contributed by atoms with van der Waals surface area (Å²) < 4.78 is 11.9. The van der Waals surface area contributed by atoms with Crippen molar-refractivity contribution in [2.45, 2.75) is 58.8 Å². The Kier molecular flexibility index (Phi) is 3.96. The predicted molar refractivity (Wildman–Crippen MR) is 84.2 cm³/mol. The molecule has 2 aliphatic carbocycles. The Morgan fingerprint density at radius 3 is 2.64 bits per heavy atom. The van der Waals surface area contributed by atoms with Gasteiger partial charge in [-0.1, -0.05) is 19.9 Å². The minimum Gasteiger partial charge on any atom is -0.396 e. The van der Waals surface area contributed by atoms with Crippen LogP contribution in [-0.2, 0) is 9.47 Å². The normalized spacial score (nSPS) is 47.9. The van der Waals surface area contributed by atoms with Crippen LogP contribution in [0.1, 0.15) is 47.0 Å². The van der Waals surface area contributed by atoms with Crippen LogP contribution < -0.4 is 0 Å². The Morgan fingerprint density at radius 2 is 1.95 bits per heavy atom. The van der Waals surface area contributed by atoms with Crippen LogP contribution in [0.4, 0.5) is 0 Å². The fraction of sp³-hybridized carbons (Fsp3) is 0.889. The van der Waals surface area contributed by atoms with E-state index in [0.29, 0.717) is 19.1 Å². The third-order valence-corrected chi connectivity index (χ3v) is 6.69. The Balaban J connectivity index is 1.96. The molecular weight excluding hydrogens is 280 g/mol. The minimum absolute atomic E-state index is 0.0349. The molecule has 22 heavy (non-hydrogen) atoms. The molecule has 0 spiro atoms. The summed E-state index contributed by atoms with van der Waals surface area (Å²) in [6.07, 6.45) is 4.47. The van der Waals surface area contributed by atoms with Gasteiger partial charge >= 0.3 is 0 Å². The first kappa shape index (κ1) is 16.4. The van der Waals surface area contributed by atoms with E-state index in [1.165, 1.54) is 5.57 Å². The number of aliphatic hydroxyl groups excluding tert-OH is 2. The fourth-order valence-electron chi connectivity index (χ4n) is 4.98. The van der Waals surface area contributed by atoms with E-state index >= 15 is 0 Å². The van der Waals surface area contributed by atoms with E-state index in [2.05, 4.69) is 13.0 Å². The molecule has 2 N–H and O–H groups in total. The summed E-state index contributed by atoms with van der Waals surface area (Å²) in [5.74, 6) is 0.0390. The van der Waals surface area contributed by atoms with Gasteiger partial charge in [0.15, 0.2) is 5.79 Å². The van der Waals surface area contributed by atoms with Gasteiger partial charge in [-0.2, -0.15) is 0 Å². The predicted octanol–water partition coefficient (Wildman–Crippen LogP) is 2.49. The molecule has 1 aliphatic heterocycles. The lowest BCUT2D eigenvalue weighted by Gasteiger charge is -2.58. The molecule has 4 nitrogen and oxygen atoms in total. The summed E-state index contributed by atoms with van der Waals surface area (Å²) in [5, 5.41) is 20.5. The molecule has 1 saturated carbocycles. The zero-order chi connectivity index (χ0) is 16.2. The number of aliphatic hydroxyl groups is 2. The van der Waals surface area contributed by atoms with E-state index in [1.54, 1.807) is 0 Å². The van der Waals surface area contributed by atoms with Crippen LogP contribution in [-0.4, -0.2) is 41.9 Å². The molecule has 3 aliphatic rings. The minimum atomic E-state index is -0.543. The average molecular weight is 310 g/mol. The Bertz CT molecular complexity index is 472. The van der Waals surface area contributed by atoms with Crippen molar-refractivity contribution in [3.8, 4) is 0 Å². The molecule has 0 aromatic rings. The van der Waals surface area contributed by atoms with Crippen molar-refractivity contribution in [2.24, 2.45) is 22.7 Å². The van der Waals surface area contributed by atoms with E-state index in [9.17, 15) is 10.2 Å². The summed E-state index contributed by atoms with van der Waals surface area (Å²) >= 11 is 0. The maximum absolute atomic E-state index is 10.5. The first-order chi connectivity index (χ1) is 10.2. The number of hydrogen-bond acceptors (Lipinski definition) is 4. The van der Waals surface area contributed by atoms with Crippen LogP contribution in [0.2, 0.25) is 0 Å². The molecular formula is C18H30O4. The van der Waals surface area contributed by atoms with Gasteiger partial charge in [0.1, 0.15) is 0 Å². The van der Waals surface area contributed by atoms with Gasteiger partial charge in [0.05, 0.1) is 25.9 Å². The zero-order valence-corrected chi connectivity index (χ0v) is 14.3. The second-order valence-corrected chi connectivity index (χ2v) is 8.34. The highest BCUT2D eigenvalue weighted by atomic mass is 16.7. The number of fused-ring (bicyclic) bond motifs is 3. The summed E-state index contributed by atoms with van der Waals surface area (Å²) in [4.78, 5) is 0. The van der Waals surface area contributed by atoms with Crippen LogP contribution in [0.5, 0.6) is 0 Å². The van der Waals surface area contributed by atoms with Crippen LogP contribution in [0.15, 0.2) is 11.6 Å². The Labute approximate surface area is 133 Å². The largest absolute Gasteiger partial charge is 0.396 e. The van der Waals surface area contributed by atoms with Gasteiger partial charge in [-0.3, -0.25) is 0 Å². The Morgan fingerprint density at radius 1 is 1.23 bits per heavy atom. The van der Waals surface area contributed by atoms with Crippen LogP contribution in [0, 0.1) is 22.7 Å². The smallest absolute Gasteiger partial charge is 0.163 e. The highest BCUT2D eigenvalue weighted by Gasteiger charge is 2.57. The maximum atomic E-state index is 10.5. The van der Waals surface area contributed by atoms with Crippen molar-refractivity contribution in [3.63, 3.8) is 0 Å². The van der Waals surface area contributed by atoms with Gasteiger partial charge in [-0.15, -0.1) is 0 Å². The molecule has 1 saturated heterocycles. The topological polar surface area (TPSA) is 58.9 Å². The van der Waals surface area contributed by atoms with Crippen LogP contribution in [0.25, 0.3) is 0 Å². The molecule has 126 valence electrons. The zero-order valence-electron chi connectivity index (χ0n) is 14.3. The third kappa shape index (κ3) is 2.35. The molecule has 0 aromatic carbocycles. The Hall–Kier alpha value is -0.420. The van der Waals surface area contributed by atoms with Gasteiger partial charge in [-0.25, -0.2) is 0 Å². The molecule has 2 fully saturated rings. The highest BCUT2D eigenvalue weighted by Crippen LogP contribution is 2.60. The molecule has 0 aromatic heterocycles. The number of ether oxygens (including phenoxy) is 2. The molecule has 5 atom stereocenters. The van der Waals surface area contributed by atoms with Crippen molar-refractivity contribution in [1.82, 2.24) is 0 Å². The maximum Gasteiger partial charge on any atom is 0.163 e. The SMILES string of the molecule is CC1(C)OCC2=CC[C@@H]3[C@](C)(CC[C@H](O)[C@]3(C)CO)[C@H]2CO1. The summed E-state index contributed by atoms with van der Waals surface area (Å²) in [5.41, 5.74) is 0.948. The summed E-state index contributed by atoms with van der Waals surface area (Å²) in [6, 6.07) is 0. The second kappa shape index (κ2) is 5.30. The molecule has 3 rings (SSSR count). The number of rotatable bonds is 1. The average Bonchev–Trinajstić information content (AvgIpc) is 2.63. The standard InChI is InChI=1S/C18H30O4/c1-16(2)21-9-12-5-6-14-17(3,13(12)10-22-16)8-7-15(20)18(14,4)11-19/h5,13-15,19-20H,6-11H2,1-4H3/t13-,14+,15-,17+,18+/m0/s1. The van der Waals surface area contributed by atoms with Crippen molar-refractivity contribution >= 4 is 0 Å². The lowest BCUT2D eigenvalue weighted by Crippen LogP contribution is -2.57. The highest BCUT2D eigenvalue weighted by molar-refractivity contribution is 5.22. The van der Waals surface area contributed by atoms with Gasteiger partial charge in [0.25, 0.3) is 0 Å². The van der Waals surface area contributed by atoms with Gasteiger partial charge in [0, 0.05) is 11.3 Å². The molecule has 1 heterocycles. The molecule has 0 unspecified atom stereocenters. The lowest BCUT2D eigenvalue weighted by molar-refractivity contribution is -0.208. The van der Waals surface area contributed by atoms with Crippen molar-refractivity contribution in [3.05, 3.63) is 11.6 Å². The quantitative estimate of drug-likeness (QED) is 0.731. The van der Waals surface area contributed by atoms with E-state index in [-0.39, 0.29) is 17.9 Å². The summed E-state index contributed by atoms with van der Waals surface area (Å²) in [6.45, 7) is 9.60. The number of allylic oxidation sites excluding steroid dienone is 1. The number of hydrogen-bond donors (Lipinski definition) is 2. The van der Waals surface area contributed by atoms with Crippen molar-refractivity contribution < 1.29 is 19.7 Å². The third-order valence-electron chi connectivity index (χ3n) is 6.69. The van der Waals surface area contributed by atoms with Gasteiger partial charge in [-0.05, 0) is 50.0 Å². The molecule has 0 bridgehead atoms. The van der Waals surface area contributed by atoms with E-state index < -0.39 is 17.3 Å². The monoisotopic (exact) mass is 310 g/mol. The second-order valence-electron chi connectivity index (χ2n) is 8.34. The van der Waals surface area contributed by atoms with Gasteiger partial charge in [0.2, 0.25) is 0 Å². The van der Waals surface area contributed by atoms with Crippen LogP contribution in [0.3, 0.4) is 0 Å². The molecule has 4 heteroatoms. The van der Waals surface area contributed by atoms with Crippen molar-refractivity contribution in [2.75, 3.05) is 19.8 Å². The lowest BCUT2D eigenvalue weighted by atomic mass is 9.47. The first-order valence-corrected chi connectivity index (χ1v) is 8.49. The van der Waals surface area contributed by atoms with Gasteiger partial charge < -0.3 is 19.7 Å². The summed E-state index contributed by atoms with van der Waals surface area (Å²) in [7, 11) is 0. The van der Waals surface area contributed by atoms with E-state index in [0.717, 1.165) is 19.3 Å². The molecule has 0 radical (unpaired) electrons. The van der Waals surface area contributed by atoms with Crippen molar-refractivity contribution in [1.29, 1.82) is 0 Å². The fourth-order valence-corrected chi connectivity index (χ4v) is 4.98. The first-order valence-electron chi connectivity index (χ1n) is 8.49. The molecule has 0 amide bonds.